The van der Waals surface area contributed by atoms with Crippen molar-refractivity contribution in [3.05, 3.63) is 35.9 Å². The van der Waals surface area contributed by atoms with Crippen molar-refractivity contribution in [1.29, 1.82) is 0 Å². The fourth-order valence-electron chi connectivity index (χ4n) is 1.42. The number of rotatable bonds is 6. The molecule has 1 rings (SSSR count). The van der Waals surface area contributed by atoms with Gasteiger partial charge in [-0.1, -0.05) is 37.3 Å². The van der Waals surface area contributed by atoms with Crippen LogP contribution in [0.3, 0.4) is 0 Å². The molecule has 3 nitrogen and oxygen atoms in total. The number of carbonyl (C=O) groups excluding carboxylic acids is 2. The minimum Gasteiger partial charge on any atom is -0.466 e. The standard InChI is InChI=1S/C13H16O3/c1-2-13(15)16-9-8-12(10-14)11-6-4-3-5-7-11/h3-7,10,12H,2,8-9H2,1H3. The maximum atomic E-state index is 10.9. The van der Waals surface area contributed by atoms with Gasteiger partial charge in [0.15, 0.2) is 0 Å². The number of ether oxygens (including phenoxy) is 1. The summed E-state index contributed by atoms with van der Waals surface area (Å²) in [7, 11) is 0. The lowest BCUT2D eigenvalue weighted by Gasteiger charge is -2.10. The lowest BCUT2D eigenvalue weighted by molar-refractivity contribution is -0.143. The van der Waals surface area contributed by atoms with Crippen LogP contribution in [0.1, 0.15) is 31.2 Å². The SMILES string of the molecule is CCC(=O)OCCC(C=O)c1ccccc1. The average molecular weight is 220 g/mol. The second-order valence-electron chi connectivity index (χ2n) is 3.52. The van der Waals surface area contributed by atoms with E-state index < -0.39 is 0 Å². The molecule has 0 N–H and O–H groups in total. The third kappa shape index (κ3) is 3.85. The third-order valence-electron chi connectivity index (χ3n) is 2.37. The largest absolute Gasteiger partial charge is 0.466 e. The Kier molecular flexibility index (Phi) is 5.26. The van der Waals surface area contributed by atoms with Gasteiger partial charge in [-0.25, -0.2) is 0 Å². The van der Waals surface area contributed by atoms with Crippen LogP contribution in [0.5, 0.6) is 0 Å². The van der Waals surface area contributed by atoms with E-state index in [1.807, 2.05) is 30.3 Å². The van der Waals surface area contributed by atoms with Crippen molar-refractivity contribution >= 4 is 12.3 Å². The molecule has 0 saturated carbocycles. The normalized spacial score (nSPS) is 11.8. The summed E-state index contributed by atoms with van der Waals surface area (Å²) in [5.74, 6) is -0.413. The van der Waals surface area contributed by atoms with Crippen molar-refractivity contribution in [3.8, 4) is 0 Å². The van der Waals surface area contributed by atoms with Crippen molar-refractivity contribution in [2.45, 2.75) is 25.7 Å². The fourth-order valence-corrected chi connectivity index (χ4v) is 1.42. The molecule has 1 aromatic rings. The second kappa shape index (κ2) is 6.77. The summed E-state index contributed by atoms with van der Waals surface area (Å²) in [6, 6.07) is 9.50. The van der Waals surface area contributed by atoms with Gasteiger partial charge in [0.1, 0.15) is 6.29 Å². The van der Waals surface area contributed by atoms with E-state index in [-0.39, 0.29) is 11.9 Å². The van der Waals surface area contributed by atoms with Gasteiger partial charge in [-0.15, -0.1) is 0 Å². The number of benzene rings is 1. The molecule has 1 aromatic carbocycles. The van der Waals surface area contributed by atoms with Crippen LogP contribution in [0.2, 0.25) is 0 Å². The summed E-state index contributed by atoms with van der Waals surface area (Å²) in [4.78, 5) is 21.8. The first-order valence-electron chi connectivity index (χ1n) is 5.43. The van der Waals surface area contributed by atoms with Gasteiger partial charge >= 0.3 is 5.97 Å². The van der Waals surface area contributed by atoms with E-state index in [2.05, 4.69) is 0 Å². The average Bonchev–Trinajstić information content (AvgIpc) is 2.35. The molecule has 0 aromatic heterocycles. The van der Waals surface area contributed by atoms with Gasteiger partial charge < -0.3 is 9.53 Å². The predicted octanol–water partition coefficient (Wildman–Crippen LogP) is 2.31. The Morgan fingerprint density at radius 3 is 2.62 bits per heavy atom. The molecule has 0 aliphatic heterocycles. The highest BCUT2D eigenvalue weighted by molar-refractivity contribution is 5.69. The second-order valence-corrected chi connectivity index (χ2v) is 3.52. The summed E-state index contributed by atoms with van der Waals surface area (Å²) in [6.45, 7) is 2.04. The monoisotopic (exact) mass is 220 g/mol. The molecule has 0 saturated heterocycles. The van der Waals surface area contributed by atoms with Gasteiger partial charge in [-0.2, -0.15) is 0 Å². The van der Waals surface area contributed by atoms with E-state index in [9.17, 15) is 9.59 Å². The Morgan fingerprint density at radius 2 is 2.06 bits per heavy atom. The van der Waals surface area contributed by atoms with Gasteiger partial charge in [0.25, 0.3) is 0 Å². The van der Waals surface area contributed by atoms with Gasteiger partial charge in [-0.05, 0) is 12.0 Å². The number of hydrogen-bond donors (Lipinski definition) is 0. The minimum atomic E-state index is -0.224. The van der Waals surface area contributed by atoms with Gasteiger partial charge in [0, 0.05) is 12.3 Å². The summed E-state index contributed by atoms with van der Waals surface area (Å²) >= 11 is 0. The van der Waals surface area contributed by atoms with Crippen molar-refractivity contribution in [3.63, 3.8) is 0 Å². The topological polar surface area (TPSA) is 43.4 Å². The molecule has 1 unspecified atom stereocenters. The molecule has 16 heavy (non-hydrogen) atoms. The number of aldehydes is 1. The Morgan fingerprint density at radius 1 is 1.38 bits per heavy atom. The predicted molar refractivity (Wildman–Crippen MR) is 61.1 cm³/mol. The van der Waals surface area contributed by atoms with E-state index in [0.717, 1.165) is 11.8 Å². The number of hydrogen-bond acceptors (Lipinski definition) is 3. The van der Waals surface area contributed by atoms with E-state index in [1.165, 1.54) is 0 Å². The number of carbonyl (C=O) groups is 2. The van der Waals surface area contributed by atoms with Gasteiger partial charge in [0.2, 0.25) is 0 Å². The van der Waals surface area contributed by atoms with Crippen LogP contribution in [0.4, 0.5) is 0 Å². The maximum absolute atomic E-state index is 10.9. The summed E-state index contributed by atoms with van der Waals surface area (Å²) < 4.78 is 4.95. The molecule has 0 aliphatic rings. The molecule has 0 amide bonds. The van der Waals surface area contributed by atoms with Crippen LogP contribution in [0, 0.1) is 0 Å². The van der Waals surface area contributed by atoms with Crippen LogP contribution in [0.15, 0.2) is 30.3 Å². The third-order valence-corrected chi connectivity index (χ3v) is 2.37. The molecular formula is C13H16O3. The van der Waals surface area contributed by atoms with E-state index in [0.29, 0.717) is 19.4 Å². The summed E-state index contributed by atoms with van der Waals surface area (Å²) in [5.41, 5.74) is 0.963. The highest BCUT2D eigenvalue weighted by atomic mass is 16.5. The summed E-state index contributed by atoms with van der Waals surface area (Å²) in [6.07, 6.45) is 1.81. The zero-order valence-electron chi connectivity index (χ0n) is 9.39. The van der Waals surface area contributed by atoms with Gasteiger partial charge in [0.05, 0.1) is 6.61 Å². The Balaban J connectivity index is 2.44. The van der Waals surface area contributed by atoms with Crippen LogP contribution in [-0.2, 0) is 14.3 Å². The highest BCUT2D eigenvalue weighted by Crippen LogP contribution is 2.16. The lowest BCUT2D eigenvalue weighted by Crippen LogP contribution is -2.09. The van der Waals surface area contributed by atoms with E-state index in [4.69, 9.17) is 4.74 Å². The molecule has 1 atom stereocenters. The Bertz CT molecular complexity index is 332. The zero-order valence-corrected chi connectivity index (χ0v) is 9.39. The number of esters is 1. The zero-order chi connectivity index (χ0) is 11.8. The molecular weight excluding hydrogens is 204 g/mol. The molecule has 0 fully saturated rings. The van der Waals surface area contributed by atoms with Crippen molar-refractivity contribution in [2.75, 3.05) is 6.61 Å². The Labute approximate surface area is 95.4 Å². The molecule has 86 valence electrons. The Hall–Kier alpha value is -1.64. The lowest BCUT2D eigenvalue weighted by atomic mass is 9.98. The molecule has 3 heteroatoms. The van der Waals surface area contributed by atoms with Crippen molar-refractivity contribution in [1.82, 2.24) is 0 Å². The quantitative estimate of drug-likeness (QED) is 0.545. The molecule has 0 heterocycles. The maximum Gasteiger partial charge on any atom is 0.305 e. The first kappa shape index (κ1) is 12.4. The van der Waals surface area contributed by atoms with E-state index >= 15 is 0 Å². The highest BCUT2D eigenvalue weighted by Gasteiger charge is 2.10. The molecule has 0 aliphatic carbocycles. The summed E-state index contributed by atoms with van der Waals surface area (Å²) in [5, 5.41) is 0. The van der Waals surface area contributed by atoms with Crippen LogP contribution in [0.25, 0.3) is 0 Å². The smallest absolute Gasteiger partial charge is 0.305 e. The molecule has 0 spiro atoms. The minimum absolute atomic E-state index is 0.189. The van der Waals surface area contributed by atoms with Crippen LogP contribution >= 0.6 is 0 Å². The molecule has 0 radical (unpaired) electrons. The van der Waals surface area contributed by atoms with E-state index in [1.54, 1.807) is 6.92 Å². The van der Waals surface area contributed by atoms with Crippen LogP contribution in [-0.4, -0.2) is 18.9 Å². The first-order valence-corrected chi connectivity index (χ1v) is 5.43. The van der Waals surface area contributed by atoms with Crippen molar-refractivity contribution < 1.29 is 14.3 Å². The van der Waals surface area contributed by atoms with Crippen LogP contribution < -0.4 is 0 Å². The van der Waals surface area contributed by atoms with Gasteiger partial charge in [-0.3, -0.25) is 4.79 Å². The first-order chi connectivity index (χ1) is 7.77. The van der Waals surface area contributed by atoms with Crippen molar-refractivity contribution in [2.24, 2.45) is 0 Å². The molecule has 0 bridgehead atoms. The fraction of sp³-hybridized carbons (Fsp3) is 0.385.